The fourth-order valence-electron chi connectivity index (χ4n) is 4.13. The van der Waals surface area contributed by atoms with Crippen LogP contribution in [0.1, 0.15) is 16.7 Å². The third-order valence-electron chi connectivity index (χ3n) is 6.28. The highest BCUT2D eigenvalue weighted by Crippen LogP contribution is 2.33. The Bertz CT molecular complexity index is 1740. The van der Waals surface area contributed by atoms with E-state index >= 15 is 0 Å². The Morgan fingerprint density at radius 3 is 1.76 bits per heavy atom. The van der Waals surface area contributed by atoms with Gasteiger partial charge in [-0.1, -0.05) is 54.6 Å². The summed E-state index contributed by atoms with van der Waals surface area (Å²) in [5, 5.41) is 4.34. The lowest BCUT2D eigenvalue weighted by Crippen LogP contribution is -2.14. The molecule has 0 aliphatic rings. The molecule has 12 heteroatoms. The average molecular weight is 580 g/mol. The number of carbonyl (C=O) groups is 1. The van der Waals surface area contributed by atoms with E-state index in [1.807, 2.05) is 6.07 Å². The zero-order valence-corrected chi connectivity index (χ0v) is 21.4. The lowest BCUT2D eigenvalue weighted by Gasteiger charge is -2.09. The Morgan fingerprint density at radius 2 is 1.26 bits per heavy atom. The van der Waals surface area contributed by atoms with Gasteiger partial charge < -0.3 is 5.73 Å². The van der Waals surface area contributed by atoms with Crippen molar-refractivity contribution in [2.75, 3.05) is 0 Å². The molecule has 0 bridgehead atoms. The molecule has 0 aliphatic carbocycles. The maximum Gasteiger partial charge on any atom is 0.416 e. The van der Waals surface area contributed by atoms with Gasteiger partial charge in [0.15, 0.2) is 11.6 Å². The minimum atomic E-state index is -4.57. The number of nitrogens with two attached hydrogens (primary N) is 1. The Kier molecular flexibility index (Phi) is 7.38. The molecule has 2 aromatic heterocycles. The monoisotopic (exact) mass is 579 g/mol. The van der Waals surface area contributed by atoms with Crippen LogP contribution in [0.15, 0.2) is 97.3 Å². The number of rotatable bonds is 6. The number of aromatic nitrogens is 4. The molecule has 2 N–H and O–H groups in total. The van der Waals surface area contributed by atoms with Crippen molar-refractivity contribution < 1.29 is 31.1 Å². The van der Waals surface area contributed by atoms with Crippen LogP contribution in [0.2, 0.25) is 0 Å². The average Bonchev–Trinajstić information content (AvgIpc) is 3.39. The minimum absolute atomic E-state index is 0.00441. The molecule has 5 rings (SSSR count). The van der Waals surface area contributed by atoms with Crippen LogP contribution in [-0.4, -0.2) is 25.7 Å². The summed E-state index contributed by atoms with van der Waals surface area (Å²) in [6.45, 7) is 0. The summed E-state index contributed by atoms with van der Waals surface area (Å²) in [7, 11) is 0. The highest BCUT2D eigenvalue weighted by atomic mass is 19.4. The molecule has 0 aliphatic heterocycles. The number of benzene rings is 3. The Labute approximate surface area is 234 Å². The van der Waals surface area contributed by atoms with Crippen LogP contribution in [0.25, 0.3) is 45.7 Å². The van der Waals surface area contributed by atoms with E-state index in [1.54, 1.807) is 42.7 Å². The van der Waals surface area contributed by atoms with Gasteiger partial charge in [-0.3, -0.25) is 9.78 Å². The zero-order chi connectivity index (χ0) is 30.1. The van der Waals surface area contributed by atoms with Gasteiger partial charge in [0.05, 0.1) is 16.7 Å². The standard InChI is InChI=1S/C30H19F6N5O/c31-29(32,33)23-11-7-20(8-12-23)27-39-28(21-9-13-24(14-10-21)30(34,35)36)41(40-27)17-25(26(37)42)19-5-3-18(4-6-19)22-2-1-15-38-16-22/h1-17H,(H2,37,42)/b25-17+. The summed E-state index contributed by atoms with van der Waals surface area (Å²) in [5.74, 6) is -0.816. The number of hydrogen-bond donors (Lipinski definition) is 1. The number of halogens is 6. The quantitative estimate of drug-likeness (QED) is 0.170. The molecule has 6 nitrogen and oxygen atoms in total. The molecule has 0 saturated heterocycles. The van der Waals surface area contributed by atoms with Crippen LogP contribution in [-0.2, 0) is 17.1 Å². The molecule has 0 spiro atoms. The molecule has 3 aromatic carbocycles. The van der Waals surface area contributed by atoms with Crippen LogP contribution < -0.4 is 5.73 Å². The SMILES string of the molecule is NC(=O)/C(=C/n1nc(-c2ccc(C(F)(F)F)cc2)nc1-c1ccc(C(F)(F)F)cc1)c1ccc(-c2cccnc2)cc1. The number of primary amides is 1. The smallest absolute Gasteiger partial charge is 0.366 e. The summed E-state index contributed by atoms with van der Waals surface area (Å²) in [5.41, 5.74) is 6.44. The highest BCUT2D eigenvalue weighted by Gasteiger charge is 2.31. The number of carbonyl (C=O) groups excluding carboxylic acids is 1. The molecule has 5 aromatic rings. The number of amides is 1. The van der Waals surface area contributed by atoms with Gasteiger partial charge in [0.2, 0.25) is 0 Å². The van der Waals surface area contributed by atoms with Crippen molar-refractivity contribution >= 4 is 17.7 Å². The van der Waals surface area contributed by atoms with E-state index in [4.69, 9.17) is 5.73 Å². The summed E-state index contributed by atoms with van der Waals surface area (Å²) < 4.78 is 79.8. The van der Waals surface area contributed by atoms with E-state index in [9.17, 15) is 31.1 Å². The minimum Gasteiger partial charge on any atom is -0.366 e. The van der Waals surface area contributed by atoms with Gasteiger partial charge in [0.1, 0.15) is 0 Å². The zero-order valence-electron chi connectivity index (χ0n) is 21.4. The maximum atomic E-state index is 13.2. The predicted octanol–water partition coefficient (Wildman–Crippen LogP) is 7.20. The van der Waals surface area contributed by atoms with Crippen molar-refractivity contribution in [3.63, 3.8) is 0 Å². The number of hydrogen-bond acceptors (Lipinski definition) is 4. The lowest BCUT2D eigenvalue weighted by atomic mass is 10.0. The molecule has 0 saturated carbocycles. The van der Waals surface area contributed by atoms with Crippen molar-refractivity contribution in [3.05, 3.63) is 114 Å². The van der Waals surface area contributed by atoms with E-state index in [0.717, 1.165) is 40.1 Å². The molecule has 212 valence electrons. The molecule has 0 radical (unpaired) electrons. The third-order valence-corrected chi connectivity index (χ3v) is 6.28. The van der Waals surface area contributed by atoms with E-state index in [-0.39, 0.29) is 28.3 Å². The second-order valence-corrected chi connectivity index (χ2v) is 9.08. The first-order chi connectivity index (χ1) is 19.9. The lowest BCUT2D eigenvalue weighted by molar-refractivity contribution is -0.138. The Balaban J connectivity index is 1.60. The van der Waals surface area contributed by atoms with Crippen LogP contribution >= 0.6 is 0 Å². The second kappa shape index (κ2) is 11.0. The molecule has 0 atom stereocenters. The fraction of sp³-hybridized carbons (Fsp3) is 0.0667. The topological polar surface area (TPSA) is 86.7 Å². The van der Waals surface area contributed by atoms with Crippen molar-refractivity contribution in [3.8, 4) is 33.9 Å². The van der Waals surface area contributed by atoms with E-state index in [0.29, 0.717) is 5.56 Å². The number of pyridine rings is 1. The van der Waals surface area contributed by atoms with Gasteiger partial charge in [-0.15, -0.1) is 5.10 Å². The van der Waals surface area contributed by atoms with Crippen molar-refractivity contribution in [2.45, 2.75) is 12.4 Å². The van der Waals surface area contributed by atoms with Gasteiger partial charge in [-0.2, -0.15) is 26.3 Å². The summed E-state index contributed by atoms with van der Waals surface area (Å²) in [6, 6.07) is 18.6. The maximum absolute atomic E-state index is 13.2. The Morgan fingerprint density at radius 1 is 0.714 bits per heavy atom. The third kappa shape index (κ3) is 6.07. The molecular weight excluding hydrogens is 560 g/mol. The van der Waals surface area contributed by atoms with Gasteiger partial charge in [0, 0.05) is 29.7 Å². The van der Waals surface area contributed by atoms with Crippen molar-refractivity contribution in [1.82, 2.24) is 19.7 Å². The molecule has 0 unspecified atom stereocenters. The normalized spacial score (nSPS) is 12.4. The Hall–Kier alpha value is -5.26. The molecule has 2 heterocycles. The first-order valence-corrected chi connectivity index (χ1v) is 12.2. The van der Waals surface area contributed by atoms with Crippen LogP contribution in [0.5, 0.6) is 0 Å². The van der Waals surface area contributed by atoms with E-state index < -0.39 is 29.4 Å². The van der Waals surface area contributed by atoms with E-state index in [1.165, 1.54) is 30.5 Å². The molecular formula is C30H19F6N5O. The molecule has 1 amide bonds. The van der Waals surface area contributed by atoms with Gasteiger partial charge >= 0.3 is 12.4 Å². The molecule has 42 heavy (non-hydrogen) atoms. The van der Waals surface area contributed by atoms with Gasteiger partial charge in [-0.05, 0) is 47.0 Å². The summed E-state index contributed by atoms with van der Waals surface area (Å²) in [4.78, 5) is 21.0. The summed E-state index contributed by atoms with van der Waals surface area (Å²) >= 11 is 0. The summed E-state index contributed by atoms with van der Waals surface area (Å²) in [6.07, 6.45) is -4.54. The van der Waals surface area contributed by atoms with Crippen LogP contribution in [0.3, 0.4) is 0 Å². The first-order valence-electron chi connectivity index (χ1n) is 12.2. The number of nitrogens with zero attached hydrogens (tertiary/aromatic N) is 4. The van der Waals surface area contributed by atoms with Gasteiger partial charge in [0.25, 0.3) is 5.91 Å². The van der Waals surface area contributed by atoms with Crippen molar-refractivity contribution in [1.29, 1.82) is 0 Å². The van der Waals surface area contributed by atoms with E-state index in [2.05, 4.69) is 15.1 Å². The second-order valence-electron chi connectivity index (χ2n) is 9.08. The van der Waals surface area contributed by atoms with Crippen LogP contribution in [0, 0.1) is 0 Å². The van der Waals surface area contributed by atoms with Gasteiger partial charge in [-0.25, -0.2) is 9.67 Å². The number of alkyl halides is 6. The highest BCUT2D eigenvalue weighted by molar-refractivity contribution is 6.22. The first kappa shape index (κ1) is 28.3. The fourth-order valence-corrected chi connectivity index (χ4v) is 4.13. The predicted molar refractivity (Wildman–Crippen MR) is 144 cm³/mol. The largest absolute Gasteiger partial charge is 0.416 e. The molecule has 0 fully saturated rings. The van der Waals surface area contributed by atoms with Crippen molar-refractivity contribution in [2.24, 2.45) is 5.73 Å². The van der Waals surface area contributed by atoms with Crippen LogP contribution in [0.4, 0.5) is 26.3 Å².